The van der Waals surface area contributed by atoms with Crippen molar-refractivity contribution in [2.45, 2.75) is 20.8 Å². The molecule has 0 saturated carbocycles. The number of carbonyl (C=O) groups excluding carboxylic acids is 2. The monoisotopic (exact) mass is 302 g/mol. The summed E-state index contributed by atoms with van der Waals surface area (Å²) in [7, 11) is 0. The molecule has 2 N–H and O–H groups in total. The Kier molecular flexibility index (Phi) is 36.4. The normalized spacial score (nSPS) is 5.20. The first-order valence-electron chi connectivity index (χ1n) is 2.10. The summed E-state index contributed by atoms with van der Waals surface area (Å²) in [6, 6.07) is -1.33. The smallest absolute Gasteiger partial charge is 0.298 e. The Morgan fingerprint density at radius 2 is 1.10 bits per heavy atom. The molecule has 66 valence electrons. The van der Waals surface area contributed by atoms with Crippen molar-refractivity contribution in [3.63, 3.8) is 0 Å². The largest absolute Gasteiger partial charge is 0.412 e. The van der Waals surface area contributed by atoms with Gasteiger partial charge in [-0.3, -0.25) is 4.79 Å². The third-order valence-electron chi connectivity index (χ3n) is 0. The molecule has 0 unspecified atom stereocenters. The molecule has 0 aliphatic rings. The maximum absolute atomic E-state index is 10.4. The second-order valence-electron chi connectivity index (χ2n) is 1.38. The summed E-state index contributed by atoms with van der Waals surface area (Å²) in [5.41, 5.74) is 0. The third kappa shape index (κ3) is 1890. The molecule has 0 atom stereocenters. The van der Waals surface area contributed by atoms with Crippen LogP contribution >= 0.6 is 0 Å². The summed E-state index contributed by atoms with van der Waals surface area (Å²) < 4.78 is 10.4. The van der Waals surface area contributed by atoms with Gasteiger partial charge in [0.15, 0.2) is 0 Å². The number of halogens is 1. The molecule has 0 saturated heterocycles. The molecule has 3 nitrogen and oxygen atoms in total. The Bertz CT molecular complexity index is 74.9. The van der Waals surface area contributed by atoms with Gasteiger partial charge >= 0.3 is 0 Å². The molecule has 0 aliphatic heterocycles. The second kappa shape index (κ2) is 16.2. The zero-order chi connectivity index (χ0) is 7.15. The van der Waals surface area contributed by atoms with E-state index in [1.54, 1.807) is 0 Å². The van der Waals surface area contributed by atoms with Gasteiger partial charge in [-0.25, -0.2) is 0 Å². The molecule has 0 bridgehead atoms. The van der Waals surface area contributed by atoms with Crippen LogP contribution in [0.2, 0.25) is 0 Å². The fourth-order valence-electron chi connectivity index (χ4n) is 0. The summed E-state index contributed by atoms with van der Waals surface area (Å²) in [6.45, 7) is 3.92. The number of ketones is 1. The van der Waals surface area contributed by atoms with E-state index in [0.717, 1.165) is 6.92 Å². The van der Waals surface area contributed by atoms with E-state index in [-0.39, 0.29) is 49.4 Å². The molecular formula is C5H11DyFO3. The van der Waals surface area contributed by atoms with Crippen LogP contribution in [0.4, 0.5) is 4.39 Å². The summed E-state index contributed by atoms with van der Waals surface area (Å²) in [5.74, 6) is 0.167. The van der Waals surface area contributed by atoms with Gasteiger partial charge < -0.3 is 10.3 Å². The fraction of sp³-hybridized carbons (Fsp3) is 0.600. The van der Waals surface area contributed by atoms with Crippen molar-refractivity contribution >= 4 is 11.8 Å². The van der Waals surface area contributed by atoms with Crippen LogP contribution in [0.15, 0.2) is 0 Å². The zero-order valence-corrected chi connectivity index (χ0v) is 8.04. The molecule has 10 heavy (non-hydrogen) atoms. The van der Waals surface area contributed by atoms with Crippen molar-refractivity contribution in [2.75, 3.05) is 0 Å². The van der Waals surface area contributed by atoms with E-state index in [2.05, 4.69) is 0 Å². The fourth-order valence-corrected chi connectivity index (χ4v) is 0. The zero-order valence-electron chi connectivity index (χ0n) is 6.01. The number of hydrogen-bond donors (Lipinski definition) is 0. The van der Waals surface area contributed by atoms with Gasteiger partial charge in [-0.1, -0.05) is 0 Å². The molecule has 5 heteroatoms. The van der Waals surface area contributed by atoms with Crippen molar-refractivity contribution in [3.05, 3.63) is 0 Å². The predicted octanol–water partition coefficient (Wildman–Crippen LogP) is 0.273. The average molecular weight is 301 g/mol. The van der Waals surface area contributed by atoms with Crippen molar-refractivity contribution in [2.24, 2.45) is 0 Å². The van der Waals surface area contributed by atoms with E-state index in [1.807, 2.05) is 0 Å². The van der Waals surface area contributed by atoms with Gasteiger partial charge in [-0.15, -0.1) is 0 Å². The maximum Gasteiger partial charge on any atom is 0.298 e. The van der Waals surface area contributed by atoms with E-state index in [1.165, 1.54) is 13.8 Å². The van der Waals surface area contributed by atoms with Crippen LogP contribution in [0.1, 0.15) is 20.8 Å². The van der Waals surface area contributed by atoms with Crippen LogP contribution in [-0.2, 0) is 9.59 Å². The van der Waals surface area contributed by atoms with Gasteiger partial charge in [-0.2, -0.15) is 4.39 Å². The van der Waals surface area contributed by atoms with Gasteiger partial charge in [0.05, 0.1) is 0 Å². The average Bonchev–Trinajstić information content (AvgIpc) is 1.25. The number of rotatable bonds is 0. The van der Waals surface area contributed by atoms with Gasteiger partial charge in [0.2, 0.25) is 0 Å². The summed E-state index contributed by atoms with van der Waals surface area (Å²) in [4.78, 5) is 18.2. The molecule has 0 aromatic heterocycles. The minimum absolute atomic E-state index is 0. The molecule has 0 spiro atoms. The van der Waals surface area contributed by atoms with E-state index in [9.17, 15) is 9.18 Å². The SMILES string of the molecule is CC(=O)F.CC(C)=O.O.[Dy]. The van der Waals surface area contributed by atoms with Crippen molar-refractivity contribution in [1.82, 2.24) is 0 Å². The Hall–Kier alpha value is 0.503. The minimum Gasteiger partial charge on any atom is -0.412 e. The Morgan fingerprint density at radius 1 is 1.10 bits per heavy atom. The molecule has 0 heterocycles. The first-order chi connectivity index (χ1) is 3.46. The first kappa shape index (κ1) is 22.4. The maximum atomic E-state index is 10.4. The van der Waals surface area contributed by atoms with E-state index < -0.39 is 6.04 Å². The van der Waals surface area contributed by atoms with E-state index >= 15 is 0 Å². The number of hydrogen-bond acceptors (Lipinski definition) is 2. The molecule has 0 aromatic rings. The van der Waals surface area contributed by atoms with Crippen LogP contribution in [0.5, 0.6) is 0 Å². The summed E-state index contributed by atoms with van der Waals surface area (Å²) >= 11 is 0. The predicted molar refractivity (Wildman–Crippen MR) is 31.8 cm³/mol. The number of carbonyl (C=O) groups is 2. The molecule has 0 aliphatic carbocycles. The van der Waals surface area contributed by atoms with E-state index in [0.29, 0.717) is 0 Å². The Balaban J connectivity index is -0.0000000300. The molecule has 0 fully saturated rings. The molecule has 0 amide bonds. The van der Waals surface area contributed by atoms with Crippen LogP contribution in [0.3, 0.4) is 0 Å². The van der Waals surface area contributed by atoms with Crippen molar-refractivity contribution < 1.29 is 57.6 Å². The van der Waals surface area contributed by atoms with E-state index in [4.69, 9.17) is 4.79 Å². The quantitative estimate of drug-likeness (QED) is 0.603. The minimum atomic E-state index is -1.33. The molecule has 0 rings (SSSR count). The molecule has 0 radical (unpaired) electrons. The van der Waals surface area contributed by atoms with Crippen LogP contribution in [0.25, 0.3) is 0 Å². The van der Waals surface area contributed by atoms with Crippen LogP contribution in [0, 0.1) is 38.2 Å². The van der Waals surface area contributed by atoms with Crippen LogP contribution < -0.4 is 0 Å². The van der Waals surface area contributed by atoms with Crippen molar-refractivity contribution in [1.29, 1.82) is 0 Å². The Labute approximate surface area is 89.7 Å². The summed E-state index contributed by atoms with van der Waals surface area (Å²) in [5, 5.41) is 0. The first-order valence-corrected chi connectivity index (χ1v) is 2.10. The topological polar surface area (TPSA) is 65.6 Å². The summed E-state index contributed by atoms with van der Waals surface area (Å²) in [6.07, 6.45) is 0. The standard InChI is InChI=1S/C3H6O.C2H3FO.Dy.H2O/c1-3(2)4;1-2(3)4;;/h1-2H3;1H3;;1H2. The molecular weight excluding hydrogens is 290 g/mol. The van der Waals surface area contributed by atoms with Crippen molar-refractivity contribution in [3.8, 4) is 0 Å². The second-order valence-corrected chi connectivity index (χ2v) is 1.38. The third-order valence-corrected chi connectivity index (χ3v) is 0. The van der Waals surface area contributed by atoms with Gasteiger partial charge in [0, 0.05) is 45.1 Å². The Morgan fingerprint density at radius 3 is 1.10 bits per heavy atom. The van der Waals surface area contributed by atoms with Gasteiger partial charge in [-0.05, 0) is 13.8 Å². The number of Topliss-reactive ketones (excluding diaryl/α,β-unsaturated/α-hetero) is 1. The van der Waals surface area contributed by atoms with Gasteiger partial charge in [0.25, 0.3) is 6.04 Å². The molecule has 0 aromatic carbocycles. The van der Waals surface area contributed by atoms with Crippen LogP contribution in [-0.4, -0.2) is 17.3 Å². The van der Waals surface area contributed by atoms with Gasteiger partial charge in [0.1, 0.15) is 5.78 Å².